The highest BCUT2D eigenvalue weighted by Gasteiger charge is 2.31. The van der Waals surface area contributed by atoms with E-state index >= 15 is 0 Å². The van der Waals surface area contributed by atoms with Gasteiger partial charge in [-0.25, -0.2) is 4.39 Å². The average molecular weight is 397 g/mol. The first kappa shape index (κ1) is 19.3. The molecule has 2 unspecified atom stereocenters. The largest absolute Gasteiger partial charge is 0.493 e. The summed E-state index contributed by atoms with van der Waals surface area (Å²) in [4.78, 5) is 7.64. The van der Waals surface area contributed by atoms with Crippen molar-refractivity contribution < 1.29 is 9.13 Å². The summed E-state index contributed by atoms with van der Waals surface area (Å²) in [6, 6.07) is 4.42. The van der Waals surface area contributed by atoms with Crippen LogP contribution in [0.5, 0.6) is 5.75 Å². The molecule has 1 aromatic heterocycles. The smallest absolute Gasteiger partial charge is 0.124 e. The van der Waals surface area contributed by atoms with Crippen molar-refractivity contribution in [3.05, 3.63) is 34.5 Å². The minimum Gasteiger partial charge on any atom is -0.493 e. The maximum atomic E-state index is 13.9. The molecule has 2 aliphatic carbocycles. The predicted octanol–water partition coefficient (Wildman–Crippen LogP) is 5.50. The number of aromatic nitrogens is 1. The maximum absolute atomic E-state index is 13.9. The summed E-state index contributed by atoms with van der Waals surface area (Å²) in [5.41, 5.74) is 6.33. The first-order chi connectivity index (χ1) is 14.2. The van der Waals surface area contributed by atoms with Crippen molar-refractivity contribution in [1.82, 2.24) is 9.88 Å². The molecule has 0 amide bonds. The zero-order valence-corrected chi connectivity index (χ0v) is 17.7. The third kappa shape index (κ3) is 3.88. The van der Waals surface area contributed by atoms with E-state index in [0.29, 0.717) is 18.8 Å². The number of benzene rings is 1. The Morgan fingerprint density at radius 2 is 1.93 bits per heavy atom. The summed E-state index contributed by atoms with van der Waals surface area (Å²) in [6.45, 7) is 6.53. The standard InChI is InChI=1S/C25H33FN2O/c1-17-14-22-20-6-4-7-21(20)25(18-8-9-19(26)15-18)27-23(22)16-24(17)29-13-5-12-28-10-2-3-11-28/h14,16,18-19H,2-13,15H2,1H3. The van der Waals surface area contributed by atoms with Crippen molar-refractivity contribution in [2.24, 2.45) is 0 Å². The van der Waals surface area contributed by atoms with Crippen molar-refractivity contribution >= 4 is 10.9 Å². The van der Waals surface area contributed by atoms with Gasteiger partial charge in [-0.3, -0.25) is 4.98 Å². The molecule has 156 valence electrons. The first-order valence-electron chi connectivity index (χ1n) is 11.6. The average Bonchev–Trinajstić information content (AvgIpc) is 3.47. The Morgan fingerprint density at radius 3 is 2.72 bits per heavy atom. The molecule has 0 bridgehead atoms. The molecule has 3 aliphatic rings. The number of likely N-dealkylation sites (tertiary alicyclic amines) is 1. The Kier molecular flexibility index (Phi) is 5.47. The molecule has 29 heavy (non-hydrogen) atoms. The Labute approximate surface area is 173 Å². The van der Waals surface area contributed by atoms with Crippen molar-refractivity contribution in [3.63, 3.8) is 0 Å². The highest BCUT2D eigenvalue weighted by molar-refractivity contribution is 5.86. The van der Waals surface area contributed by atoms with Crippen LogP contribution in [0.1, 0.15) is 73.2 Å². The lowest BCUT2D eigenvalue weighted by Crippen LogP contribution is -2.22. The fraction of sp³-hybridized carbons (Fsp3) is 0.640. The number of rotatable bonds is 6. The Balaban J connectivity index is 1.38. The maximum Gasteiger partial charge on any atom is 0.124 e. The molecule has 3 nitrogen and oxygen atoms in total. The number of pyridine rings is 1. The van der Waals surface area contributed by atoms with Crippen molar-refractivity contribution in [2.45, 2.75) is 76.8 Å². The Morgan fingerprint density at radius 1 is 1.10 bits per heavy atom. The Bertz CT molecular complexity index is 890. The van der Waals surface area contributed by atoms with Crippen LogP contribution < -0.4 is 4.74 Å². The van der Waals surface area contributed by atoms with E-state index in [2.05, 4.69) is 24.0 Å². The molecule has 0 radical (unpaired) electrons. The number of alkyl halides is 1. The molecule has 1 aromatic carbocycles. The minimum atomic E-state index is -0.651. The topological polar surface area (TPSA) is 25.4 Å². The number of ether oxygens (including phenoxy) is 1. The minimum absolute atomic E-state index is 0.299. The van der Waals surface area contributed by atoms with Gasteiger partial charge in [0.15, 0.2) is 0 Å². The van der Waals surface area contributed by atoms with Gasteiger partial charge in [-0.05, 0) is 101 Å². The van der Waals surface area contributed by atoms with Crippen molar-refractivity contribution in [1.29, 1.82) is 0 Å². The van der Waals surface area contributed by atoms with Gasteiger partial charge >= 0.3 is 0 Å². The zero-order chi connectivity index (χ0) is 19.8. The monoisotopic (exact) mass is 396 g/mol. The molecule has 1 saturated heterocycles. The van der Waals surface area contributed by atoms with Crippen LogP contribution in [0.2, 0.25) is 0 Å². The van der Waals surface area contributed by atoms with Crippen LogP contribution in [-0.2, 0) is 12.8 Å². The number of fused-ring (bicyclic) bond motifs is 3. The number of hydrogen-bond donors (Lipinski definition) is 0. The molecule has 0 spiro atoms. The van der Waals surface area contributed by atoms with Gasteiger partial charge in [0.2, 0.25) is 0 Å². The molecule has 2 aromatic rings. The van der Waals surface area contributed by atoms with Crippen molar-refractivity contribution in [3.8, 4) is 5.75 Å². The summed E-state index contributed by atoms with van der Waals surface area (Å²) in [5.74, 6) is 1.26. The SMILES string of the molecule is Cc1cc2c3c(c(C4CCC(F)C4)nc2cc1OCCCN1CCCC1)CCC3. The highest BCUT2D eigenvalue weighted by Crippen LogP contribution is 2.42. The second-order valence-corrected chi connectivity index (χ2v) is 9.30. The van der Waals surface area contributed by atoms with Gasteiger partial charge in [-0.1, -0.05) is 0 Å². The lowest BCUT2D eigenvalue weighted by molar-refractivity contribution is 0.262. The highest BCUT2D eigenvalue weighted by atomic mass is 19.1. The normalized spacial score (nSPS) is 24.5. The second kappa shape index (κ2) is 8.22. The number of nitrogens with zero attached hydrogens (tertiary/aromatic N) is 2. The predicted molar refractivity (Wildman–Crippen MR) is 116 cm³/mol. The molecule has 2 atom stereocenters. The van der Waals surface area contributed by atoms with Crippen LogP contribution in [-0.4, -0.2) is 42.3 Å². The molecular weight excluding hydrogens is 363 g/mol. The molecule has 5 rings (SSSR count). The molecule has 2 heterocycles. The van der Waals surface area contributed by atoms with Gasteiger partial charge in [0.1, 0.15) is 11.9 Å². The molecule has 1 saturated carbocycles. The Hall–Kier alpha value is -1.68. The zero-order valence-electron chi connectivity index (χ0n) is 17.7. The van der Waals surface area contributed by atoms with Gasteiger partial charge in [0, 0.05) is 29.6 Å². The third-order valence-electron chi connectivity index (χ3n) is 7.22. The number of halogens is 1. The van der Waals surface area contributed by atoms with E-state index in [0.717, 1.165) is 50.1 Å². The van der Waals surface area contributed by atoms with Crippen LogP contribution in [0, 0.1) is 6.92 Å². The first-order valence-corrected chi connectivity index (χ1v) is 11.6. The van der Waals surface area contributed by atoms with Crippen LogP contribution >= 0.6 is 0 Å². The van der Waals surface area contributed by atoms with E-state index in [1.54, 1.807) is 0 Å². The molecule has 4 heteroatoms. The number of aryl methyl sites for hydroxylation is 2. The van der Waals surface area contributed by atoms with Crippen LogP contribution in [0.15, 0.2) is 12.1 Å². The molecule has 2 fully saturated rings. The second-order valence-electron chi connectivity index (χ2n) is 9.30. The fourth-order valence-electron chi connectivity index (χ4n) is 5.68. The summed E-state index contributed by atoms with van der Waals surface area (Å²) in [7, 11) is 0. The lowest BCUT2D eigenvalue weighted by Gasteiger charge is -2.18. The third-order valence-corrected chi connectivity index (χ3v) is 7.22. The van der Waals surface area contributed by atoms with E-state index in [1.165, 1.54) is 60.1 Å². The van der Waals surface area contributed by atoms with Crippen LogP contribution in [0.3, 0.4) is 0 Å². The van der Waals surface area contributed by atoms with E-state index in [9.17, 15) is 4.39 Å². The van der Waals surface area contributed by atoms with Crippen molar-refractivity contribution in [2.75, 3.05) is 26.2 Å². The van der Waals surface area contributed by atoms with Crippen LogP contribution in [0.25, 0.3) is 10.9 Å². The summed E-state index contributed by atoms with van der Waals surface area (Å²) in [5, 5.41) is 1.29. The fourth-order valence-corrected chi connectivity index (χ4v) is 5.68. The molecular formula is C25H33FN2O. The van der Waals surface area contributed by atoms with Gasteiger partial charge in [-0.2, -0.15) is 0 Å². The summed E-state index contributed by atoms with van der Waals surface area (Å²) < 4.78 is 20.1. The van der Waals surface area contributed by atoms with E-state index in [4.69, 9.17) is 9.72 Å². The van der Waals surface area contributed by atoms with E-state index < -0.39 is 6.17 Å². The van der Waals surface area contributed by atoms with E-state index in [1.807, 2.05) is 0 Å². The van der Waals surface area contributed by atoms with Crippen LogP contribution in [0.4, 0.5) is 4.39 Å². The number of hydrogen-bond acceptors (Lipinski definition) is 3. The molecule has 1 aliphatic heterocycles. The van der Waals surface area contributed by atoms with Gasteiger partial charge in [0.05, 0.1) is 12.1 Å². The molecule has 0 N–H and O–H groups in total. The van der Waals surface area contributed by atoms with Gasteiger partial charge in [-0.15, -0.1) is 0 Å². The lowest BCUT2D eigenvalue weighted by atomic mass is 9.93. The van der Waals surface area contributed by atoms with Gasteiger partial charge < -0.3 is 9.64 Å². The quantitative estimate of drug-likeness (QED) is 0.603. The summed E-state index contributed by atoms with van der Waals surface area (Å²) in [6.07, 6.45) is 8.82. The summed E-state index contributed by atoms with van der Waals surface area (Å²) >= 11 is 0. The van der Waals surface area contributed by atoms with Gasteiger partial charge in [0.25, 0.3) is 0 Å². The van der Waals surface area contributed by atoms with E-state index in [-0.39, 0.29) is 0 Å².